The average molecular weight is 501 g/mol. The van der Waals surface area contributed by atoms with Gasteiger partial charge in [-0.25, -0.2) is 14.4 Å². The number of hydrogen-bond acceptors (Lipinski definition) is 7. The minimum Gasteiger partial charge on any atom is -0.444 e. The van der Waals surface area contributed by atoms with Gasteiger partial charge in [0, 0.05) is 19.6 Å². The van der Waals surface area contributed by atoms with Gasteiger partial charge in [0.25, 0.3) is 0 Å². The summed E-state index contributed by atoms with van der Waals surface area (Å²) in [5, 5.41) is 8.46. The molecule has 10 heteroatoms. The lowest BCUT2D eigenvalue weighted by Crippen LogP contribution is -2.49. The molecule has 0 radical (unpaired) electrons. The van der Waals surface area contributed by atoms with E-state index in [4.69, 9.17) is 19.9 Å². The zero-order valence-corrected chi connectivity index (χ0v) is 23.1. The minimum absolute atomic E-state index is 0.296. The van der Waals surface area contributed by atoms with Gasteiger partial charge in [0.15, 0.2) is 0 Å². The van der Waals surface area contributed by atoms with Gasteiger partial charge in [0.05, 0.1) is 5.54 Å². The number of nitrogens with one attached hydrogen (secondary N) is 3. The molecule has 0 spiro atoms. The van der Waals surface area contributed by atoms with E-state index >= 15 is 0 Å². The summed E-state index contributed by atoms with van der Waals surface area (Å²) in [7, 11) is 0. The van der Waals surface area contributed by atoms with Crippen LogP contribution in [0.1, 0.15) is 88.0 Å². The highest BCUT2D eigenvalue weighted by atomic mass is 16.6. The maximum atomic E-state index is 12.7. The van der Waals surface area contributed by atoms with Crippen LogP contribution in [0.5, 0.6) is 0 Å². The summed E-state index contributed by atoms with van der Waals surface area (Å²) >= 11 is 0. The van der Waals surface area contributed by atoms with Crippen molar-refractivity contribution in [1.29, 1.82) is 0 Å². The molecule has 0 fully saturated rings. The predicted molar refractivity (Wildman–Crippen MR) is 137 cm³/mol. The monoisotopic (exact) mass is 500 g/mol. The normalized spacial score (nSPS) is 12.7. The molecular weight excluding hydrogens is 452 g/mol. The summed E-state index contributed by atoms with van der Waals surface area (Å²) in [4.78, 5) is 36.6. The Kier molecular flexibility index (Phi) is 13.2. The Balaban J connectivity index is 5.28. The van der Waals surface area contributed by atoms with E-state index in [1.807, 2.05) is 6.08 Å². The molecule has 0 aromatic heterocycles. The molecule has 0 aliphatic heterocycles. The molecule has 0 unspecified atom stereocenters. The molecule has 0 heterocycles. The average Bonchev–Trinajstić information content (AvgIpc) is 2.62. The quantitative estimate of drug-likeness (QED) is 0.187. The Hall–Kier alpha value is -2.49. The van der Waals surface area contributed by atoms with E-state index in [2.05, 4.69) is 16.0 Å². The van der Waals surface area contributed by atoms with Crippen LogP contribution < -0.4 is 21.7 Å². The van der Waals surface area contributed by atoms with Gasteiger partial charge in [-0.2, -0.15) is 0 Å². The van der Waals surface area contributed by atoms with Crippen molar-refractivity contribution in [1.82, 2.24) is 16.0 Å². The Morgan fingerprint density at radius 3 is 1.40 bits per heavy atom. The second kappa shape index (κ2) is 14.2. The number of carbonyl (C=O) groups excluding carboxylic acids is 3. The summed E-state index contributed by atoms with van der Waals surface area (Å²) in [5.74, 6) is 0. The fourth-order valence-corrected chi connectivity index (χ4v) is 3.08. The standard InChI is InChI=1S/C25H48N4O6/c1-22(2,3)33-19(30)27-17-11-14-25(13-10-16-26,29-21(32)35-24(7,8)9)15-12-18-28-20(31)34-23(4,5)6/h10,13H,11-12,14-18,26H2,1-9H3,(H,27,30)(H,28,31)(H,29,32)/b13-10+. The maximum absolute atomic E-state index is 12.7. The molecule has 0 saturated heterocycles. The van der Waals surface area contributed by atoms with Crippen LogP contribution in [0, 0.1) is 0 Å². The van der Waals surface area contributed by atoms with Crippen molar-refractivity contribution in [3.8, 4) is 0 Å². The molecule has 0 aromatic carbocycles. The number of rotatable bonds is 11. The summed E-state index contributed by atoms with van der Waals surface area (Å²) in [5.41, 5.74) is 3.08. The molecule has 3 amide bonds. The molecule has 5 N–H and O–H groups in total. The summed E-state index contributed by atoms with van der Waals surface area (Å²) < 4.78 is 16.0. The number of hydrogen-bond donors (Lipinski definition) is 4. The number of alkyl carbamates (subject to hydrolysis) is 3. The maximum Gasteiger partial charge on any atom is 0.408 e. The summed E-state index contributed by atoms with van der Waals surface area (Å²) in [6.45, 7) is 17.2. The Bertz CT molecular complexity index is 666. The van der Waals surface area contributed by atoms with Gasteiger partial charge in [-0.1, -0.05) is 12.2 Å². The largest absolute Gasteiger partial charge is 0.444 e. The first-order chi connectivity index (χ1) is 15.9. The van der Waals surface area contributed by atoms with Crippen LogP contribution in [-0.4, -0.2) is 60.3 Å². The van der Waals surface area contributed by atoms with E-state index in [1.165, 1.54) is 0 Å². The number of ether oxygens (including phenoxy) is 3. The third-order valence-electron chi connectivity index (χ3n) is 4.26. The molecule has 0 rings (SSSR count). The van der Waals surface area contributed by atoms with Crippen LogP contribution >= 0.6 is 0 Å². The van der Waals surface area contributed by atoms with Crippen molar-refractivity contribution in [3.63, 3.8) is 0 Å². The van der Waals surface area contributed by atoms with Crippen LogP contribution in [0.25, 0.3) is 0 Å². The molecule has 0 aliphatic carbocycles. The first kappa shape index (κ1) is 32.5. The predicted octanol–water partition coefficient (Wildman–Crippen LogP) is 4.37. The molecule has 0 saturated carbocycles. The Morgan fingerprint density at radius 2 is 1.06 bits per heavy atom. The van der Waals surface area contributed by atoms with Crippen LogP contribution in [0.3, 0.4) is 0 Å². The van der Waals surface area contributed by atoms with Crippen LogP contribution in [0.2, 0.25) is 0 Å². The molecule has 10 nitrogen and oxygen atoms in total. The molecule has 204 valence electrons. The van der Waals surface area contributed by atoms with Crippen molar-refractivity contribution < 1.29 is 28.6 Å². The number of amides is 3. The van der Waals surface area contributed by atoms with Gasteiger partial charge in [-0.05, 0) is 88.0 Å². The lowest BCUT2D eigenvalue weighted by molar-refractivity contribution is 0.0450. The van der Waals surface area contributed by atoms with Crippen molar-refractivity contribution in [2.24, 2.45) is 5.73 Å². The molecule has 0 aliphatic rings. The number of carbonyl (C=O) groups is 3. The first-order valence-electron chi connectivity index (χ1n) is 12.2. The fraction of sp³-hybridized carbons (Fsp3) is 0.800. The van der Waals surface area contributed by atoms with Gasteiger partial charge in [-0.15, -0.1) is 0 Å². The minimum atomic E-state index is -0.785. The zero-order chi connectivity index (χ0) is 27.3. The number of nitrogens with two attached hydrogens (primary N) is 1. The van der Waals surface area contributed by atoms with E-state index in [9.17, 15) is 14.4 Å². The van der Waals surface area contributed by atoms with Crippen molar-refractivity contribution in [2.45, 2.75) is 110 Å². The summed E-state index contributed by atoms with van der Waals surface area (Å²) in [6.07, 6.45) is 4.21. The highest BCUT2D eigenvalue weighted by Crippen LogP contribution is 2.23. The van der Waals surface area contributed by atoms with Crippen molar-refractivity contribution in [3.05, 3.63) is 12.2 Å². The Labute approximate surface area is 211 Å². The van der Waals surface area contributed by atoms with E-state index in [0.29, 0.717) is 45.3 Å². The highest BCUT2D eigenvalue weighted by Gasteiger charge is 2.31. The lowest BCUT2D eigenvalue weighted by atomic mass is 9.87. The molecule has 0 bridgehead atoms. The smallest absolute Gasteiger partial charge is 0.408 e. The zero-order valence-electron chi connectivity index (χ0n) is 23.1. The van der Waals surface area contributed by atoms with E-state index in [1.54, 1.807) is 68.4 Å². The molecule has 35 heavy (non-hydrogen) atoms. The molecule has 0 atom stereocenters. The van der Waals surface area contributed by atoms with Crippen LogP contribution in [0.15, 0.2) is 12.2 Å². The third kappa shape index (κ3) is 18.5. The topological polar surface area (TPSA) is 141 Å². The molecular formula is C25H48N4O6. The van der Waals surface area contributed by atoms with Crippen molar-refractivity contribution >= 4 is 18.3 Å². The molecule has 0 aromatic rings. The van der Waals surface area contributed by atoms with E-state index < -0.39 is 40.6 Å². The van der Waals surface area contributed by atoms with Crippen molar-refractivity contribution in [2.75, 3.05) is 19.6 Å². The van der Waals surface area contributed by atoms with E-state index in [-0.39, 0.29) is 0 Å². The van der Waals surface area contributed by atoms with Gasteiger partial charge in [0.1, 0.15) is 16.8 Å². The SMILES string of the molecule is CC(C)(C)OC(=O)NCCCC(/C=C/CN)(CCCNC(=O)OC(C)(C)C)NC(=O)OC(C)(C)C. The third-order valence-corrected chi connectivity index (χ3v) is 4.26. The van der Waals surface area contributed by atoms with Gasteiger partial charge < -0.3 is 35.9 Å². The fourth-order valence-electron chi connectivity index (χ4n) is 3.08. The van der Waals surface area contributed by atoms with Gasteiger partial charge in [-0.3, -0.25) is 0 Å². The second-order valence-electron chi connectivity index (χ2n) is 11.5. The first-order valence-corrected chi connectivity index (χ1v) is 12.2. The Morgan fingerprint density at radius 1 is 0.686 bits per heavy atom. The summed E-state index contributed by atoms with van der Waals surface area (Å²) in [6, 6.07) is 0. The lowest BCUT2D eigenvalue weighted by Gasteiger charge is -2.33. The van der Waals surface area contributed by atoms with Crippen LogP contribution in [-0.2, 0) is 14.2 Å². The van der Waals surface area contributed by atoms with E-state index in [0.717, 1.165) is 0 Å². The second-order valence-corrected chi connectivity index (χ2v) is 11.5. The van der Waals surface area contributed by atoms with Gasteiger partial charge in [0.2, 0.25) is 0 Å². The highest BCUT2D eigenvalue weighted by molar-refractivity contribution is 5.69. The van der Waals surface area contributed by atoms with Crippen LogP contribution in [0.4, 0.5) is 14.4 Å². The van der Waals surface area contributed by atoms with Gasteiger partial charge >= 0.3 is 18.3 Å².